The lowest BCUT2D eigenvalue weighted by atomic mass is 9.78. The number of ether oxygens (including phenoxy) is 1. The van der Waals surface area contributed by atoms with Crippen LogP contribution >= 0.6 is 0 Å². The van der Waals surface area contributed by atoms with Gasteiger partial charge in [0.15, 0.2) is 0 Å². The number of hydrogen-bond donors (Lipinski definition) is 3. The molecule has 6 atom stereocenters. The van der Waals surface area contributed by atoms with Crippen LogP contribution in [0.2, 0.25) is 0 Å². The maximum atomic E-state index is 12.3. The molecule has 5 nitrogen and oxygen atoms in total. The zero-order valence-electron chi connectivity index (χ0n) is 16.8. The first-order valence-corrected chi connectivity index (χ1v) is 9.72. The molecule has 0 aliphatic carbocycles. The first kappa shape index (κ1) is 22.4. The van der Waals surface area contributed by atoms with Crippen LogP contribution in [0.3, 0.4) is 0 Å². The lowest BCUT2D eigenvalue weighted by Crippen LogP contribution is -2.61. The van der Waals surface area contributed by atoms with Crippen LogP contribution in [0.5, 0.6) is 0 Å². The quantitative estimate of drug-likeness (QED) is 0.457. The maximum absolute atomic E-state index is 12.3. The van der Waals surface area contributed by atoms with Gasteiger partial charge in [0, 0.05) is 5.92 Å². The van der Waals surface area contributed by atoms with Gasteiger partial charge >= 0.3 is 5.97 Å². The Labute approximate surface area is 152 Å². The van der Waals surface area contributed by atoms with Crippen molar-refractivity contribution in [2.75, 3.05) is 6.61 Å². The van der Waals surface area contributed by atoms with Gasteiger partial charge in [-0.2, -0.15) is 0 Å². The second kappa shape index (κ2) is 8.83. The van der Waals surface area contributed by atoms with Crippen molar-refractivity contribution >= 4 is 5.97 Å². The number of carbonyl (C=O) groups is 1. The smallest absolute Gasteiger partial charge is 0.343 e. The monoisotopic (exact) mass is 358 g/mol. The van der Waals surface area contributed by atoms with Gasteiger partial charge in [-0.15, -0.1) is 0 Å². The van der Waals surface area contributed by atoms with Gasteiger partial charge in [0.1, 0.15) is 0 Å². The molecule has 0 aromatic carbocycles. The minimum Gasteiger partial charge on any atom is -0.463 e. The molecule has 1 saturated heterocycles. The molecule has 0 aromatic heterocycles. The van der Waals surface area contributed by atoms with Crippen molar-refractivity contribution in [3.8, 4) is 0 Å². The summed E-state index contributed by atoms with van der Waals surface area (Å²) in [5, 5.41) is 31.5. The van der Waals surface area contributed by atoms with Crippen molar-refractivity contribution < 1.29 is 24.9 Å². The molecule has 1 rings (SSSR count). The average Bonchev–Trinajstić information content (AvgIpc) is 2.49. The predicted octanol–water partition coefficient (Wildman–Crippen LogP) is 3.11. The Bertz CT molecular complexity index is 432. The Kier molecular flexibility index (Phi) is 7.91. The molecule has 0 saturated carbocycles. The third kappa shape index (κ3) is 5.93. The lowest BCUT2D eigenvalue weighted by molar-refractivity contribution is -0.293. The fraction of sp³-hybridized carbons (Fsp3) is 0.950. The highest BCUT2D eigenvalue weighted by molar-refractivity contribution is 5.80. The zero-order chi connectivity index (χ0) is 19.4. The Morgan fingerprint density at radius 3 is 1.84 bits per heavy atom. The summed E-state index contributed by atoms with van der Waals surface area (Å²) in [6.45, 7) is 11.5. The summed E-state index contributed by atoms with van der Waals surface area (Å²) < 4.78 is 5.22. The van der Waals surface area contributed by atoms with Gasteiger partial charge in [-0.05, 0) is 49.9 Å². The highest BCUT2D eigenvalue weighted by Crippen LogP contribution is 2.35. The average molecular weight is 359 g/mol. The second-order valence-electron chi connectivity index (χ2n) is 9.00. The summed E-state index contributed by atoms with van der Waals surface area (Å²) in [4.78, 5) is 12.3. The fourth-order valence-electron chi connectivity index (χ4n) is 4.10. The summed E-state index contributed by atoms with van der Waals surface area (Å²) >= 11 is 0. The molecule has 0 spiro atoms. The van der Waals surface area contributed by atoms with Crippen molar-refractivity contribution in [2.45, 2.75) is 85.0 Å². The molecular weight excluding hydrogens is 320 g/mol. The fourth-order valence-corrected chi connectivity index (χ4v) is 4.10. The standard InChI is InChI=1S/C20H38O5/c1-13-7-8-14(2)10-16(4)12-25-18(21)19(6,22)20(23,24)17(5)11-15(3)9-13/h13-17,22-24H,7-12H2,1-6H3. The highest BCUT2D eigenvalue weighted by Gasteiger charge is 2.55. The number of aliphatic hydroxyl groups is 3. The Hall–Kier alpha value is -0.650. The van der Waals surface area contributed by atoms with E-state index in [0.29, 0.717) is 18.3 Å². The van der Waals surface area contributed by atoms with Crippen molar-refractivity contribution in [1.82, 2.24) is 0 Å². The van der Waals surface area contributed by atoms with E-state index < -0.39 is 23.3 Å². The molecule has 1 heterocycles. The number of esters is 1. The van der Waals surface area contributed by atoms with Gasteiger partial charge < -0.3 is 20.1 Å². The van der Waals surface area contributed by atoms with E-state index in [1.807, 2.05) is 6.92 Å². The summed E-state index contributed by atoms with van der Waals surface area (Å²) in [6.07, 6.45) is 4.75. The topological polar surface area (TPSA) is 87.0 Å². The summed E-state index contributed by atoms with van der Waals surface area (Å²) in [6, 6.07) is 0. The number of rotatable bonds is 0. The Morgan fingerprint density at radius 1 is 0.840 bits per heavy atom. The van der Waals surface area contributed by atoms with Crippen LogP contribution in [0.15, 0.2) is 0 Å². The molecule has 6 unspecified atom stereocenters. The van der Waals surface area contributed by atoms with Crippen LogP contribution in [0, 0.1) is 29.6 Å². The Balaban J connectivity index is 3.00. The molecular formula is C20H38O5. The predicted molar refractivity (Wildman–Crippen MR) is 97.7 cm³/mol. The molecule has 5 heteroatoms. The molecule has 1 fully saturated rings. The molecule has 0 amide bonds. The van der Waals surface area contributed by atoms with E-state index >= 15 is 0 Å². The zero-order valence-corrected chi connectivity index (χ0v) is 16.8. The first-order valence-electron chi connectivity index (χ1n) is 9.72. The number of carbonyl (C=O) groups excluding carboxylic acids is 1. The molecule has 148 valence electrons. The highest BCUT2D eigenvalue weighted by atomic mass is 16.6. The van der Waals surface area contributed by atoms with Crippen LogP contribution < -0.4 is 0 Å². The first-order chi connectivity index (χ1) is 11.4. The van der Waals surface area contributed by atoms with Crippen LogP contribution in [0.25, 0.3) is 0 Å². The van der Waals surface area contributed by atoms with E-state index in [4.69, 9.17) is 4.74 Å². The van der Waals surface area contributed by atoms with Gasteiger partial charge in [-0.25, -0.2) is 4.79 Å². The van der Waals surface area contributed by atoms with Gasteiger partial charge in [0.25, 0.3) is 0 Å². The third-order valence-electron chi connectivity index (χ3n) is 5.82. The minimum absolute atomic E-state index is 0.165. The van der Waals surface area contributed by atoms with Crippen molar-refractivity contribution in [3.05, 3.63) is 0 Å². The summed E-state index contributed by atoms with van der Waals surface area (Å²) in [5.41, 5.74) is -2.36. The van der Waals surface area contributed by atoms with Crippen LogP contribution in [-0.4, -0.2) is 39.3 Å². The largest absolute Gasteiger partial charge is 0.463 e. The van der Waals surface area contributed by atoms with Gasteiger partial charge in [-0.3, -0.25) is 0 Å². The molecule has 25 heavy (non-hydrogen) atoms. The molecule has 1 aliphatic rings. The van der Waals surface area contributed by atoms with E-state index in [1.54, 1.807) is 6.92 Å². The summed E-state index contributed by atoms with van der Waals surface area (Å²) in [5.74, 6) is -2.61. The second-order valence-corrected chi connectivity index (χ2v) is 9.00. The van der Waals surface area contributed by atoms with Crippen LogP contribution in [0.4, 0.5) is 0 Å². The van der Waals surface area contributed by atoms with E-state index in [2.05, 4.69) is 20.8 Å². The van der Waals surface area contributed by atoms with Gasteiger partial charge in [-0.1, -0.05) is 47.5 Å². The third-order valence-corrected chi connectivity index (χ3v) is 5.82. The van der Waals surface area contributed by atoms with Crippen LogP contribution in [-0.2, 0) is 9.53 Å². The van der Waals surface area contributed by atoms with E-state index in [9.17, 15) is 20.1 Å². The van der Waals surface area contributed by atoms with Crippen molar-refractivity contribution in [2.24, 2.45) is 29.6 Å². The molecule has 1 aliphatic heterocycles. The number of cyclic esters (lactones) is 1. The minimum atomic E-state index is -2.53. The van der Waals surface area contributed by atoms with Crippen molar-refractivity contribution in [1.29, 1.82) is 0 Å². The molecule has 0 radical (unpaired) electrons. The normalized spacial score (nSPS) is 42.1. The van der Waals surface area contributed by atoms with Crippen LogP contribution in [0.1, 0.15) is 73.6 Å². The van der Waals surface area contributed by atoms with E-state index in [0.717, 1.165) is 32.6 Å². The van der Waals surface area contributed by atoms with E-state index in [-0.39, 0.29) is 18.4 Å². The molecule has 0 aromatic rings. The molecule has 3 N–H and O–H groups in total. The lowest BCUT2D eigenvalue weighted by Gasteiger charge is -2.40. The van der Waals surface area contributed by atoms with Gasteiger partial charge in [0.05, 0.1) is 6.61 Å². The van der Waals surface area contributed by atoms with Gasteiger partial charge in [0.2, 0.25) is 11.4 Å². The van der Waals surface area contributed by atoms with E-state index in [1.165, 1.54) is 0 Å². The SMILES string of the molecule is CC1CCC(C)CC(C)CC(C)C(O)(O)C(C)(O)C(=O)OCC(C)C1. The summed E-state index contributed by atoms with van der Waals surface area (Å²) in [7, 11) is 0. The maximum Gasteiger partial charge on any atom is 0.343 e. The molecule has 0 bridgehead atoms. The van der Waals surface area contributed by atoms with Crippen molar-refractivity contribution in [3.63, 3.8) is 0 Å². The number of hydrogen-bond acceptors (Lipinski definition) is 5. The Morgan fingerprint density at radius 2 is 1.32 bits per heavy atom.